The number of rotatable bonds is 9. The second-order valence-electron chi connectivity index (χ2n) is 7.15. The van der Waals surface area contributed by atoms with Crippen LogP contribution in [0.2, 0.25) is 5.02 Å². The van der Waals surface area contributed by atoms with E-state index in [4.69, 9.17) is 20.8 Å². The van der Waals surface area contributed by atoms with Crippen LogP contribution in [0.4, 0.5) is 5.69 Å². The van der Waals surface area contributed by atoms with Crippen LogP contribution < -0.4 is 15.5 Å². The molecule has 0 radical (unpaired) electrons. The zero-order valence-electron chi connectivity index (χ0n) is 18.3. The number of hydrogen-bond acceptors (Lipinski definition) is 7. The Bertz CT molecular complexity index is 1240. The zero-order chi connectivity index (χ0) is 24.7. The van der Waals surface area contributed by atoms with Gasteiger partial charge in [-0.3, -0.25) is 19.7 Å². The highest BCUT2D eigenvalue weighted by Gasteiger charge is 2.17. The monoisotopic (exact) mass is 484 g/mol. The molecular weight excluding hydrogens is 464 g/mol. The lowest BCUT2D eigenvalue weighted by Gasteiger charge is -2.13. The van der Waals surface area contributed by atoms with Crippen LogP contribution in [0, 0.1) is 17.0 Å². The fourth-order valence-electron chi connectivity index (χ4n) is 2.97. The molecule has 0 bridgehead atoms. The van der Waals surface area contributed by atoms with E-state index in [0.717, 1.165) is 0 Å². The maximum atomic E-state index is 12.2. The molecule has 1 aromatic heterocycles. The fourth-order valence-corrected chi connectivity index (χ4v) is 3.16. The number of amides is 2. The summed E-state index contributed by atoms with van der Waals surface area (Å²) in [5.41, 5.74) is 3.35. The molecule has 0 spiro atoms. The van der Waals surface area contributed by atoms with Crippen LogP contribution >= 0.6 is 11.6 Å². The Morgan fingerprint density at radius 1 is 1.21 bits per heavy atom. The summed E-state index contributed by atoms with van der Waals surface area (Å²) in [5.74, 6) is 0.0523. The summed E-state index contributed by atoms with van der Waals surface area (Å²) in [6, 6.07) is 13.8. The van der Waals surface area contributed by atoms with E-state index in [1.165, 1.54) is 19.2 Å². The van der Waals surface area contributed by atoms with E-state index < -0.39 is 22.8 Å². The van der Waals surface area contributed by atoms with Gasteiger partial charge in [-0.25, -0.2) is 5.43 Å². The number of benzene rings is 2. The molecule has 2 amide bonds. The Balaban J connectivity index is 1.52. The minimum atomic E-state index is -0.876. The number of carbonyl (C=O) groups excluding carboxylic acids is 2. The van der Waals surface area contributed by atoms with Gasteiger partial charge in [0.05, 0.1) is 16.2 Å². The number of nitrogens with zero attached hydrogens (tertiary/aromatic N) is 2. The van der Waals surface area contributed by atoms with Crippen LogP contribution in [0.15, 0.2) is 64.1 Å². The molecule has 11 heteroatoms. The van der Waals surface area contributed by atoms with Gasteiger partial charge in [0.2, 0.25) is 0 Å². The summed E-state index contributed by atoms with van der Waals surface area (Å²) in [6.45, 7) is 2.82. The van der Waals surface area contributed by atoms with E-state index in [-0.39, 0.29) is 12.3 Å². The summed E-state index contributed by atoms with van der Waals surface area (Å²) < 4.78 is 11.0. The average molecular weight is 485 g/mol. The molecule has 0 aliphatic rings. The summed E-state index contributed by atoms with van der Waals surface area (Å²) in [5, 5.41) is 17.8. The standard InChI is InChI=1S/C23H21ClN4O6/c1-14-17(6-5-8-19(14)28(31)32)20-11-10-16(34-20)12-25-27-23(30)15(2)26-22(29)13-33-21-9-4-3-7-18(21)24/h3-12,15H,13H2,1-2H3,(H,26,29)(H,27,30)/b25-12-/t15-/m0/s1. The van der Waals surface area contributed by atoms with Crippen LogP contribution in [0.25, 0.3) is 11.3 Å². The van der Waals surface area contributed by atoms with Gasteiger partial charge >= 0.3 is 0 Å². The van der Waals surface area contributed by atoms with Crippen molar-refractivity contribution in [1.82, 2.24) is 10.7 Å². The number of carbonyl (C=O) groups is 2. The van der Waals surface area contributed by atoms with Crippen molar-refractivity contribution in [3.8, 4) is 17.1 Å². The number of para-hydroxylation sites is 1. The highest BCUT2D eigenvalue weighted by molar-refractivity contribution is 6.32. The smallest absolute Gasteiger partial charge is 0.273 e. The fraction of sp³-hybridized carbons (Fsp3) is 0.174. The largest absolute Gasteiger partial charge is 0.482 e. The van der Waals surface area contributed by atoms with Crippen LogP contribution in [-0.4, -0.2) is 35.6 Å². The summed E-state index contributed by atoms with van der Waals surface area (Å²) in [4.78, 5) is 34.9. The molecule has 34 heavy (non-hydrogen) atoms. The first-order valence-electron chi connectivity index (χ1n) is 10.1. The molecule has 3 aromatic rings. The van der Waals surface area contributed by atoms with Crippen molar-refractivity contribution in [2.45, 2.75) is 19.9 Å². The topological polar surface area (TPSA) is 136 Å². The molecule has 0 saturated carbocycles. The van der Waals surface area contributed by atoms with Crippen LogP contribution in [0.3, 0.4) is 0 Å². The lowest BCUT2D eigenvalue weighted by Crippen LogP contribution is -2.45. The molecule has 1 atom stereocenters. The van der Waals surface area contributed by atoms with Gasteiger partial charge in [0.15, 0.2) is 6.61 Å². The highest BCUT2D eigenvalue weighted by Crippen LogP contribution is 2.30. The number of nitrogens with one attached hydrogen (secondary N) is 2. The minimum Gasteiger partial charge on any atom is -0.482 e. The average Bonchev–Trinajstić information content (AvgIpc) is 3.27. The van der Waals surface area contributed by atoms with Crippen molar-refractivity contribution in [2.75, 3.05) is 6.61 Å². The Morgan fingerprint density at radius 2 is 1.97 bits per heavy atom. The van der Waals surface area contributed by atoms with Crippen molar-refractivity contribution in [1.29, 1.82) is 0 Å². The number of hydrazone groups is 1. The molecule has 3 rings (SSSR count). The number of nitro benzene ring substituents is 1. The highest BCUT2D eigenvalue weighted by atomic mass is 35.5. The number of ether oxygens (including phenoxy) is 1. The van der Waals surface area contributed by atoms with Crippen LogP contribution in [0.1, 0.15) is 18.2 Å². The first-order chi connectivity index (χ1) is 16.3. The summed E-state index contributed by atoms with van der Waals surface area (Å²) >= 11 is 5.96. The molecule has 176 valence electrons. The third-order valence-corrected chi connectivity index (χ3v) is 5.04. The van der Waals surface area contributed by atoms with Gasteiger partial charge in [0.25, 0.3) is 17.5 Å². The quantitative estimate of drug-likeness (QED) is 0.269. The zero-order valence-corrected chi connectivity index (χ0v) is 19.0. The molecule has 0 saturated heterocycles. The van der Waals surface area contributed by atoms with Gasteiger partial charge in [-0.05, 0) is 38.1 Å². The molecule has 2 N–H and O–H groups in total. The molecule has 1 heterocycles. The second kappa shape index (κ2) is 11.1. The van der Waals surface area contributed by atoms with E-state index in [1.807, 2.05) is 0 Å². The van der Waals surface area contributed by atoms with Gasteiger partial charge in [0, 0.05) is 17.2 Å². The van der Waals surface area contributed by atoms with Gasteiger partial charge in [0.1, 0.15) is 23.3 Å². The van der Waals surface area contributed by atoms with Crippen molar-refractivity contribution >= 4 is 35.3 Å². The second-order valence-corrected chi connectivity index (χ2v) is 7.56. The predicted molar refractivity (Wildman–Crippen MR) is 126 cm³/mol. The van der Waals surface area contributed by atoms with E-state index in [0.29, 0.717) is 33.4 Å². The molecule has 2 aromatic carbocycles. The van der Waals surface area contributed by atoms with Gasteiger partial charge in [-0.1, -0.05) is 35.9 Å². The maximum Gasteiger partial charge on any atom is 0.273 e. The Morgan fingerprint density at radius 3 is 2.71 bits per heavy atom. The van der Waals surface area contributed by atoms with E-state index in [1.54, 1.807) is 55.5 Å². The van der Waals surface area contributed by atoms with E-state index in [9.17, 15) is 19.7 Å². The van der Waals surface area contributed by atoms with Crippen molar-refractivity contribution < 1.29 is 23.7 Å². The van der Waals surface area contributed by atoms with Crippen molar-refractivity contribution in [3.63, 3.8) is 0 Å². The van der Waals surface area contributed by atoms with Crippen molar-refractivity contribution in [2.24, 2.45) is 5.10 Å². The van der Waals surface area contributed by atoms with Crippen molar-refractivity contribution in [3.05, 3.63) is 81.1 Å². The third kappa shape index (κ3) is 6.20. The number of halogens is 1. The van der Waals surface area contributed by atoms with Gasteiger partial charge in [-0.15, -0.1) is 0 Å². The lowest BCUT2D eigenvalue weighted by molar-refractivity contribution is -0.385. The predicted octanol–water partition coefficient (Wildman–Crippen LogP) is 3.85. The molecule has 0 fully saturated rings. The Labute approximate surface area is 199 Å². The molecule has 10 nitrogen and oxygen atoms in total. The third-order valence-electron chi connectivity index (χ3n) is 4.73. The van der Waals surface area contributed by atoms with E-state index in [2.05, 4.69) is 15.8 Å². The Hall–Kier alpha value is -4.18. The molecule has 0 aliphatic carbocycles. The minimum absolute atomic E-state index is 0.00955. The Kier molecular flexibility index (Phi) is 7.99. The summed E-state index contributed by atoms with van der Waals surface area (Å²) in [7, 11) is 0. The van der Waals surface area contributed by atoms with Gasteiger partial charge in [-0.2, -0.15) is 5.10 Å². The summed E-state index contributed by atoms with van der Waals surface area (Å²) in [6.07, 6.45) is 1.28. The normalized spacial score (nSPS) is 11.7. The first kappa shape index (κ1) is 24.5. The van der Waals surface area contributed by atoms with Crippen LogP contribution in [0.5, 0.6) is 5.75 Å². The van der Waals surface area contributed by atoms with Crippen LogP contribution in [-0.2, 0) is 9.59 Å². The molecule has 0 aliphatic heterocycles. The first-order valence-corrected chi connectivity index (χ1v) is 10.5. The SMILES string of the molecule is Cc1c(-c2ccc(/C=N\NC(=O)[C@H](C)NC(=O)COc3ccccc3Cl)o2)cccc1[N+](=O)[O-]. The lowest BCUT2D eigenvalue weighted by atomic mass is 10.1. The number of nitro groups is 1. The molecular formula is C23H21ClN4O6. The molecule has 0 unspecified atom stereocenters. The number of hydrogen-bond donors (Lipinski definition) is 2. The maximum absolute atomic E-state index is 12.2. The number of furan rings is 1. The van der Waals surface area contributed by atoms with Gasteiger partial charge < -0.3 is 14.5 Å². The van der Waals surface area contributed by atoms with E-state index >= 15 is 0 Å².